The van der Waals surface area contributed by atoms with E-state index in [1.807, 2.05) is 6.08 Å². The third kappa shape index (κ3) is 67.2. The second kappa shape index (κ2) is 70.8. The zero-order valence-corrected chi connectivity index (χ0v) is 53.5. The Kier molecular flexibility index (Phi) is 67.8. The highest BCUT2D eigenvalue weighted by atomic mass is 16.3. The summed E-state index contributed by atoms with van der Waals surface area (Å²) in [5.74, 6) is -0.0741. The maximum absolute atomic E-state index is 12.5. The van der Waals surface area contributed by atoms with Gasteiger partial charge in [0.05, 0.1) is 18.8 Å². The van der Waals surface area contributed by atoms with Crippen LogP contribution in [-0.4, -0.2) is 34.9 Å². The topological polar surface area (TPSA) is 69.6 Å². The van der Waals surface area contributed by atoms with Crippen molar-refractivity contribution in [3.63, 3.8) is 0 Å². The fourth-order valence-electron chi connectivity index (χ4n) is 10.2. The molecule has 0 saturated carbocycles. The molecule has 3 N–H and O–H groups in total. The van der Waals surface area contributed by atoms with Crippen LogP contribution in [0.5, 0.6) is 0 Å². The highest BCUT2D eigenvalue weighted by Gasteiger charge is 2.18. The number of rotatable bonds is 63. The van der Waals surface area contributed by atoms with Crippen molar-refractivity contribution in [2.45, 2.75) is 341 Å². The van der Waals surface area contributed by atoms with E-state index in [0.29, 0.717) is 6.42 Å². The zero-order valence-electron chi connectivity index (χ0n) is 53.5. The molecule has 1 amide bonds. The summed E-state index contributed by atoms with van der Waals surface area (Å²) >= 11 is 0. The Balaban J connectivity index is 3.57. The predicted octanol–water partition coefficient (Wildman–Crippen LogP) is 24.1. The molecule has 0 aromatic heterocycles. The number of aliphatic hydroxyl groups excluding tert-OH is 2. The van der Waals surface area contributed by atoms with Crippen molar-refractivity contribution in [2.75, 3.05) is 6.61 Å². The summed E-state index contributed by atoms with van der Waals surface area (Å²) in [6, 6.07) is -0.638. The summed E-state index contributed by atoms with van der Waals surface area (Å²) in [6.45, 7) is 4.21. The number of allylic oxidation sites excluding steroid dienone is 21. The fourth-order valence-corrected chi connectivity index (χ4v) is 10.2. The minimum Gasteiger partial charge on any atom is -0.394 e. The molecule has 0 aromatic rings. The van der Waals surface area contributed by atoms with Crippen LogP contribution in [0, 0.1) is 0 Å². The van der Waals surface area contributed by atoms with Crippen LogP contribution >= 0.6 is 0 Å². The van der Waals surface area contributed by atoms with E-state index in [4.69, 9.17) is 0 Å². The lowest BCUT2D eigenvalue weighted by molar-refractivity contribution is -0.123. The Morgan fingerprint density at radius 3 is 0.815 bits per heavy atom. The van der Waals surface area contributed by atoms with Gasteiger partial charge in [0.15, 0.2) is 0 Å². The second-order valence-corrected chi connectivity index (χ2v) is 23.2. The van der Waals surface area contributed by atoms with Gasteiger partial charge >= 0.3 is 0 Å². The van der Waals surface area contributed by atoms with Crippen molar-refractivity contribution in [1.82, 2.24) is 5.32 Å². The van der Waals surface area contributed by atoms with E-state index in [-0.39, 0.29) is 12.5 Å². The molecule has 0 spiro atoms. The van der Waals surface area contributed by atoms with E-state index in [1.54, 1.807) is 6.08 Å². The highest BCUT2D eigenvalue weighted by molar-refractivity contribution is 5.76. The first-order valence-corrected chi connectivity index (χ1v) is 34.9. The van der Waals surface area contributed by atoms with Gasteiger partial charge in [-0.25, -0.2) is 0 Å². The van der Waals surface area contributed by atoms with Gasteiger partial charge < -0.3 is 15.5 Å². The van der Waals surface area contributed by atoms with E-state index < -0.39 is 12.1 Å². The number of unbranched alkanes of at least 4 members (excludes halogenated alkanes) is 36. The number of hydrogen-bond donors (Lipinski definition) is 3. The molecular formula is C77H133NO3. The average molecular weight is 1120 g/mol. The highest BCUT2D eigenvalue weighted by Crippen LogP contribution is 2.18. The molecule has 0 bridgehead atoms. The third-order valence-electron chi connectivity index (χ3n) is 15.4. The number of amides is 1. The van der Waals surface area contributed by atoms with Gasteiger partial charge in [-0.3, -0.25) is 4.79 Å². The van der Waals surface area contributed by atoms with Crippen LogP contribution in [-0.2, 0) is 4.79 Å². The quantitative estimate of drug-likeness (QED) is 0.0420. The van der Waals surface area contributed by atoms with Gasteiger partial charge in [0, 0.05) is 6.42 Å². The van der Waals surface area contributed by atoms with Crippen LogP contribution in [0.3, 0.4) is 0 Å². The summed E-state index contributed by atoms with van der Waals surface area (Å²) in [4.78, 5) is 12.5. The zero-order chi connectivity index (χ0) is 58.4. The van der Waals surface area contributed by atoms with Gasteiger partial charge in [-0.05, 0) is 96.3 Å². The molecule has 4 nitrogen and oxygen atoms in total. The van der Waals surface area contributed by atoms with Crippen LogP contribution in [0.2, 0.25) is 0 Å². The number of nitrogens with one attached hydrogen (secondary N) is 1. The van der Waals surface area contributed by atoms with Gasteiger partial charge in [0.25, 0.3) is 0 Å². The van der Waals surface area contributed by atoms with E-state index in [0.717, 1.165) is 103 Å². The first-order valence-electron chi connectivity index (χ1n) is 34.9. The molecule has 0 aliphatic carbocycles. The normalized spacial score (nSPS) is 13.6. The maximum atomic E-state index is 12.5. The number of carbonyl (C=O) groups is 1. The molecule has 0 aromatic carbocycles. The Bertz CT molecular complexity index is 1600. The van der Waals surface area contributed by atoms with Gasteiger partial charge in [-0.2, -0.15) is 0 Å². The smallest absolute Gasteiger partial charge is 0.220 e. The van der Waals surface area contributed by atoms with Crippen molar-refractivity contribution in [3.05, 3.63) is 134 Å². The molecule has 464 valence electrons. The van der Waals surface area contributed by atoms with Crippen LogP contribution < -0.4 is 5.32 Å². The number of aliphatic hydroxyl groups is 2. The van der Waals surface area contributed by atoms with Crippen molar-refractivity contribution >= 4 is 5.91 Å². The minimum atomic E-state index is -0.854. The van der Waals surface area contributed by atoms with Crippen molar-refractivity contribution in [2.24, 2.45) is 0 Å². The van der Waals surface area contributed by atoms with Crippen molar-refractivity contribution in [3.8, 4) is 0 Å². The summed E-state index contributed by atoms with van der Waals surface area (Å²) in [5, 5.41) is 23.3. The van der Waals surface area contributed by atoms with Crippen LogP contribution in [0.4, 0.5) is 0 Å². The summed E-state index contributed by atoms with van der Waals surface area (Å²) in [5.41, 5.74) is 0. The lowest BCUT2D eigenvalue weighted by atomic mass is 10.0. The van der Waals surface area contributed by atoms with Crippen molar-refractivity contribution in [1.29, 1.82) is 0 Å². The molecule has 0 saturated heterocycles. The monoisotopic (exact) mass is 1120 g/mol. The predicted molar refractivity (Wildman–Crippen MR) is 363 cm³/mol. The van der Waals surface area contributed by atoms with Crippen molar-refractivity contribution < 1.29 is 15.0 Å². The summed E-state index contributed by atoms with van der Waals surface area (Å²) in [7, 11) is 0. The average Bonchev–Trinajstić information content (AvgIpc) is 3.47. The molecule has 0 heterocycles. The summed E-state index contributed by atoms with van der Waals surface area (Å²) < 4.78 is 0. The molecular weight excluding hydrogens is 987 g/mol. The Labute approximate surface area is 504 Å². The van der Waals surface area contributed by atoms with E-state index in [9.17, 15) is 15.0 Å². The second-order valence-electron chi connectivity index (χ2n) is 23.2. The first kappa shape index (κ1) is 77.5. The standard InChI is InChI=1S/C77H133NO3/c1-3-5-7-9-11-13-15-17-19-21-23-25-27-29-31-33-35-36-37-38-39-40-41-42-43-45-47-49-51-53-55-57-59-61-63-65-67-69-71-73-77(81)78-75(74-79)76(80)72-70-68-66-64-62-60-58-56-54-52-50-48-46-44-34-32-30-28-26-24-22-20-18-16-14-12-10-8-6-4-2/h5,7,11,13,17,19,23,25,29,31,35-36,38-39,41-42,45,47,51,53,70,72,75-76,79-80H,3-4,6,8-10,12,14-16,18,20-22,24,26-28,30,32-34,37,40,43-44,46,48-50,52,54-69,71,73-74H2,1-2H3,(H,78,81)/b7-5-,13-11-,19-17-,25-23-,31-29-,36-35-,39-38-,42-41-,47-45-,53-51-,72-70+. The molecule has 81 heavy (non-hydrogen) atoms. The lowest BCUT2D eigenvalue weighted by Gasteiger charge is -2.20. The molecule has 2 atom stereocenters. The number of hydrogen-bond acceptors (Lipinski definition) is 3. The SMILES string of the molecule is CC/C=C\C/C=C\C/C=C\C/C=C\C/C=C\C/C=C\C/C=C\C/C=C\C/C=C\C/C=C\CCCCCCCCCCC(=O)NC(CO)C(O)/C=C/CCCCCCCCCCCCCCCCCCCCCCCCCCCCCC. The van der Waals surface area contributed by atoms with E-state index >= 15 is 0 Å². The first-order chi connectivity index (χ1) is 40.2. The Morgan fingerprint density at radius 1 is 0.309 bits per heavy atom. The van der Waals surface area contributed by atoms with Gasteiger partial charge in [0.1, 0.15) is 0 Å². The molecule has 0 rings (SSSR count). The molecule has 4 heteroatoms. The van der Waals surface area contributed by atoms with E-state index in [2.05, 4.69) is 141 Å². The minimum absolute atomic E-state index is 0.0741. The largest absolute Gasteiger partial charge is 0.394 e. The van der Waals surface area contributed by atoms with Gasteiger partial charge in [-0.15, -0.1) is 0 Å². The number of carbonyl (C=O) groups excluding carboxylic acids is 1. The molecule has 2 unspecified atom stereocenters. The maximum Gasteiger partial charge on any atom is 0.220 e. The fraction of sp³-hybridized carbons (Fsp3) is 0.701. The Hall–Kier alpha value is -3.47. The molecule has 0 radical (unpaired) electrons. The lowest BCUT2D eigenvalue weighted by Crippen LogP contribution is -2.45. The molecule has 0 fully saturated rings. The molecule has 0 aliphatic rings. The van der Waals surface area contributed by atoms with Gasteiger partial charge in [0.2, 0.25) is 5.91 Å². The van der Waals surface area contributed by atoms with E-state index in [1.165, 1.54) is 205 Å². The third-order valence-corrected chi connectivity index (χ3v) is 15.4. The van der Waals surface area contributed by atoms with Gasteiger partial charge in [-0.1, -0.05) is 359 Å². The van der Waals surface area contributed by atoms with Crippen LogP contribution in [0.15, 0.2) is 134 Å². The van der Waals surface area contributed by atoms with Crippen LogP contribution in [0.25, 0.3) is 0 Å². The van der Waals surface area contributed by atoms with Crippen LogP contribution in [0.1, 0.15) is 328 Å². The molecule has 0 aliphatic heterocycles. The Morgan fingerprint density at radius 2 is 0.543 bits per heavy atom. The summed E-state index contributed by atoms with van der Waals surface area (Å²) in [6.07, 6.45) is 109.